The number of hydrogen-bond acceptors (Lipinski definition) is 4. The number of aliphatic hydroxyl groups is 2. The Balaban J connectivity index is 2.65. The SMILES string of the molecule is CCc1nc2cc(C(=O)O)ccc2n1C(CO)CO. The van der Waals surface area contributed by atoms with Crippen molar-refractivity contribution in [3.8, 4) is 0 Å². The number of carbonyl (C=O) groups is 1. The Morgan fingerprint density at radius 2 is 2.05 bits per heavy atom. The molecule has 19 heavy (non-hydrogen) atoms. The minimum atomic E-state index is -1.00. The van der Waals surface area contributed by atoms with Crippen molar-refractivity contribution in [3.63, 3.8) is 0 Å². The van der Waals surface area contributed by atoms with Gasteiger partial charge in [0.2, 0.25) is 0 Å². The Morgan fingerprint density at radius 1 is 1.37 bits per heavy atom. The van der Waals surface area contributed by atoms with Crippen molar-refractivity contribution in [2.75, 3.05) is 13.2 Å². The molecular formula is C13H16N2O4. The molecule has 2 rings (SSSR count). The summed E-state index contributed by atoms with van der Waals surface area (Å²) in [5.41, 5.74) is 1.45. The molecule has 1 aromatic heterocycles. The van der Waals surface area contributed by atoms with E-state index in [4.69, 9.17) is 5.11 Å². The van der Waals surface area contributed by atoms with Crippen LogP contribution in [0.2, 0.25) is 0 Å². The molecule has 0 amide bonds. The first-order valence-corrected chi connectivity index (χ1v) is 6.08. The van der Waals surface area contributed by atoms with E-state index < -0.39 is 12.0 Å². The summed E-state index contributed by atoms with van der Waals surface area (Å²) in [5, 5.41) is 27.6. The van der Waals surface area contributed by atoms with E-state index in [1.54, 1.807) is 10.6 Å². The molecule has 0 aliphatic heterocycles. The van der Waals surface area contributed by atoms with Crippen LogP contribution in [-0.2, 0) is 6.42 Å². The molecule has 0 fully saturated rings. The summed E-state index contributed by atoms with van der Waals surface area (Å²) in [6.07, 6.45) is 0.633. The quantitative estimate of drug-likeness (QED) is 0.743. The predicted octanol–water partition coefficient (Wildman–Crippen LogP) is 0.823. The third-order valence-corrected chi connectivity index (χ3v) is 3.11. The van der Waals surface area contributed by atoms with Crippen LogP contribution in [0, 0.1) is 0 Å². The van der Waals surface area contributed by atoms with Gasteiger partial charge in [-0.15, -0.1) is 0 Å². The molecule has 0 aliphatic carbocycles. The maximum absolute atomic E-state index is 10.9. The first-order valence-electron chi connectivity index (χ1n) is 6.08. The minimum absolute atomic E-state index is 0.171. The smallest absolute Gasteiger partial charge is 0.335 e. The molecule has 0 radical (unpaired) electrons. The van der Waals surface area contributed by atoms with Crippen LogP contribution in [0.5, 0.6) is 0 Å². The standard InChI is InChI=1S/C13H16N2O4/c1-2-12-14-10-5-8(13(18)19)3-4-11(10)15(12)9(6-16)7-17/h3-5,9,16-17H,2,6-7H2,1H3,(H,18,19). The lowest BCUT2D eigenvalue weighted by molar-refractivity contribution is 0.0697. The molecule has 0 aliphatic rings. The maximum Gasteiger partial charge on any atom is 0.335 e. The minimum Gasteiger partial charge on any atom is -0.478 e. The summed E-state index contributed by atoms with van der Waals surface area (Å²) >= 11 is 0. The number of aliphatic hydroxyl groups excluding tert-OH is 2. The largest absolute Gasteiger partial charge is 0.478 e. The van der Waals surface area contributed by atoms with Crippen LogP contribution >= 0.6 is 0 Å². The van der Waals surface area contributed by atoms with Gasteiger partial charge in [-0.2, -0.15) is 0 Å². The van der Waals surface area contributed by atoms with E-state index in [2.05, 4.69) is 4.98 Å². The summed E-state index contributed by atoms with van der Waals surface area (Å²) in [5.74, 6) is -0.291. The molecule has 1 aromatic carbocycles. The van der Waals surface area contributed by atoms with E-state index in [1.165, 1.54) is 12.1 Å². The zero-order valence-electron chi connectivity index (χ0n) is 10.6. The van der Waals surface area contributed by atoms with Gasteiger partial charge in [0.05, 0.1) is 35.9 Å². The van der Waals surface area contributed by atoms with Crippen molar-refractivity contribution in [1.82, 2.24) is 9.55 Å². The molecule has 3 N–H and O–H groups in total. The highest BCUT2D eigenvalue weighted by Gasteiger charge is 2.18. The fourth-order valence-electron chi connectivity index (χ4n) is 2.16. The Morgan fingerprint density at radius 3 is 2.58 bits per heavy atom. The van der Waals surface area contributed by atoms with E-state index in [-0.39, 0.29) is 18.8 Å². The molecule has 0 saturated carbocycles. The van der Waals surface area contributed by atoms with Crippen LogP contribution in [0.4, 0.5) is 0 Å². The normalized spacial score (nSPS) is 11.4. The molecule has 6 heteroatoms. The van der Waals surface area contributed by atoms with Gasteiger partial charge >= 0.3 is 5.97 Å². The highest BCUT2D eigenvalue weighted by atomic mass is 16.4. The summed E-state index contributed by atoms with van der Waals surface area (Å²) in [7, 11) is 0. The third kappa shape index (κ3) is 2.32. The second-order valence-electron chi connectivity index (χ2n) is 4.28. The zero-order valence-corrected chi connectivity index (χ0v) is 10.6. The monoisotopic (exact) mass is 264 g/mol. The van der Waals surface area contributed by atoms with Crippen LogP contribution in [-0.4, -0.2) is 44.1 Å². The molecule has 0 saturated heterocycles. The van der Waals surface area contributed by atoms with Gasteiger partial charge in [0.1, 0.15) is 5.82 Å². The second kappa shape index (κ2) is 5.38. The van der Waals surface area contributed by atoms with Crippen molar-refractivity contribution in [2.45, 2.75) is 19.4 Å². The van der Waals surface area contributed by atoms with E-state index in [0.29, 0.717) is 17.8 Å². The number of benzene rings is 1. The van der Waals surface area contributed by atoms with Gasteiger partial charge in [-0.25, -0.2) is 9.78 Å². The fraction of sp³-hybridized carbons (Fsp3) is 0.385. The highest BCUT2D eigenvalue weighted by Crippen LogP contribution is 2.22. The number of nitrogens with zero attached hydrogens (tertiary/aromatic N) is 2. The van der Waals surface area contributed by atoms with E-state index in [9.17, 15) is 15.0 Å². The average molecular weight is 264 g/mol. The van der Waals surface area contributed by atoms with Gasteiger partial charge in [0.15, 0.2) is 0 Å². The summed E-state index contributed by atoms with van der Waals surface area (Å²) < 4.78 is 1.76. The number of hydrogen-bond donors (Lipinski definition) is 3. The van der Waals surface area contributed by atoms with Gasteiger partial charge in [0.25, 0.3) is 0 Å². The number of carboxylic acid groups (broad SMARTS) is 1. The van der Waals surface area contributed by atoms with E-state index in [1.807, 2.05) is 6.92 Å². The van der Waals surface area contributed by atoms with Crippen LogP contribution in [0.25, 0.3) is 11.0 Å². The summed E-state index contributed by atoms with van der Waals surface area (Å²) in [4.78, 5) is 15.3. The first-order chi connectivity index (χ1) is 9.12. The topological polar surface area (TPSA) is 95.6 Å². The number of aromatic nitrogens is 2. The van der Waals surface area contributed by atoms with Crippen molar-refractivity contribution < 1.29 is 20.1 Å². The molecule has 0 unspecified atom stereocenters. The molecule has 0 atom stereocenters. The summed E-state index contributed by atoms with van der Waals surface area (Å²) in [6.45, 7) is 1.52. The summed E-state index contributed by atoms with van der Waals surface area (Å²) in [6, 6.07) is 4.19. The van der Waals surface area contributed by atoms with E-state index in [0.717, 1.165) is 5.52 Å². The van der Waals surface area contributed by atoms with Gasteiger partial charge in [-0.05, 0) is 18.2 Å². The van der Waals surface area contributed by atoms with Crippen molar-refractivity contribution in [2.24, 2.45) is 0 Å². The molecule has 6 nitrogen and oxygen atoms in total. The van der Waals surface area contributed by atoms with Gasteiger partial charge < -0.3 is 19.9 Å². The van der Waals surface area contributed by atoms with E-state index >= 15 is 0 Å². The molecular weight excluding hydrogens is 248 g/mol. The Labute approximate surface area is 109 Å². The Hall–Kier alpha value is -1.92. The van der Waals surface area contributed by atoms with Crippen LogP contribution < -0.4 is 0 Å². The van der Waals surface area contributed by atoms with Gasteiger partial charge in [0, 0.05) is 6.42 Å². The van der Waals surface area contributed by atoms with Crippen LogP contribution in [0.3, 0.4) is 0 Å². The molecule has 1 heterocycles. The van der Waals surface area contributed by atoms with Crippen molar-refractivity contribution in [1.29, 1.82) is 0 Å². The fourth-order valence-corrected chi connectivity index (χ4v) is 2.16. The molecule has 0 bridgehead atoms. The lowest BCUT2D eigenvalue weighted by Gasteiger charge is -2.16. The highest BCUT2D eigenvalue weighted by molar-refractivity contribution is 5.92. The lowest BCUT2D eigenvalue weighted by atomic mass is 10.2. The second-order valence-corrected chi connectivity index (χ2v) is 4.28. The van der Waals surface area contributed by atoms with Crippen molar-refractivity contribution >= 4 is 17.0 Å². The Bertz CT molecular complexity index is 602. The Kier molecular flexibility index (Phi) is 3.82. The molecule has 102 valence electrons. The average Bonchev–Trinajstić information content (AvgIpc) is 2.78. The zero-order chi connectivity index (χ0) is 14.0. The number of aryl methyl sites for hydroxylation is 1. The number of rotatable bonds is 5. The number of imidazole rings is 1. The first kappa shape index (κ1) is 13.5. The number of aromatic carboxylic acids is 1. The van der Waals surface area contributed by atoms with Crippen LogP contribution in [0.1, 0.15) is 29.1 Å². The number of carboxylic acids is 1. The molecule has 2 aromatic rings. The molecule has 0 spiro atoms. The number of fused-ring (bicyclic) bond motifs is 1. The third-order valence-electron chi connectivity index (χ3n) is 3.11. The van der Waals surface area contributed by atoms with Gasteiger partial charge in [-0.1, -0.05) is 6.92 Å². The van der Waals surface area contributed by atoms with Crippen molar-refractivity contribution in [3.05, 3.63) is 29.6 Å². The lowest BCUT2D eigenvalue weighted by Crippen LogP contribution is -2.19. The predicted molar refractivity (Wildman–Crippen MR) is 69.3 cm³/mol. The van der Waals surface area contributed by atoms with Crippen LogP contribution in [0.15, 0.2) is 18.2 Å². The van der Waals surface area contributed by atoms with Gasteiger partial charge in [-0.3, -0.25) is 0 Å². The maximum atomic E-state index is 10.9.